The van der Waals surface area contributed by atoms with Crippen molar-refractivity contribution in [2.24, 2.45) is 0 Å². The molecule has 0 aliphatic rings. The van der Waals surface area contributed by atoms with E-state index in [-0.39, 0.29) is 51.6 Å². The molecule has 2 aromatic carbocycles. The van der Waals surface area contributed by atoms with Gasteiger partial charge in [-0.15, -0.1) is 0 Å². The fourth-order valence-electron chi connectivity index (χ4n) is 1.26. The Morgan fingerprint density at radius 2 is 1.05 bits per heavy atom. The predicted molar refractivity (Wildman–Crippen MR) is 75.6 cm³/mol. The summed E-state index contributed by atoms with van der Waals surface area (Å²) >= 11 is -0.165. The van der Waals surface area contributed by atoms with E-state index in [9.17, 15) is 16.8 Å². The van der Waals surface area contributed by atoms with Gasteiger partial charge in [-0.3, -0.25) is 4.55 Å². The predicted octanol–water partition coefficient (Wildman–Crippen LogP) is 1.48. The molecule has 20 heavy (non-hydrogen) atoms. The van der Waals surface area contributed by atoms with Crippen LogP contribution in [-0.2, 0) is 11.7 Å². The van der Waals surface area contributed by atoms with Crippen LogP contribution in [0.3, 0.4) is 0 Å². The molecule has 0 aromatic heterocycles. The molecule has 0 aliphatic carbocycles. The standard InChI is InChI=1S/C6H6O3S.C6H5O2S.K/c7-10(8,9)6-4-2-1-3-5-6;7-9(8)6-4-2-1-3-5-6;/h1-5H,(H,7,8,9);1-5H;. The van der Waals surface area contributed by atoms with Crippen molar-refractivity contribution in [2.75, 3.05) is 0 Å². The van der Waals surface area contributed by atoms with E-state index < -0.39 is 11.7 Å². The first-order valence-electron chi connectivity index (χ1n) is 5.49. The summed E-state index contributed by atoms with van der Waals surface area (Å²) in [5.74, 6) is 0. The van der Waals surface area contributed by atoms with Crippen LogP contribution in [0, 0.1) is 0 Å². The SMILES string of the molecule is O=S(=O)(O)c1ccccc1.O=[S](=O)([K])c1ccccc1. The molecule has 5 nitrogen and oxygen atoms in total. The Balaban J connectivity index is 0.000000200. The first-order chi connectivity index (χ1) is 9.21. The monoisotopic (exact) mass is 338 g/mol. The van der Waals surface area contributed by atoms with Crippen LogP contribution in [0.5, 0.6) is 0 Å². The average Bonchev–Trinajstić information content (AvgIpc) is 2.40. The number of hydrogen-bond acceptors (Lipinski definition) is 4. The molecule has 0 atom stereocenters. The van der Waals surface area contributed by atoms with Gasteiger partial charge in [0.25, 0.3) is 10.1 Å². The molecule has 0 saturated heterocycles. The van der Waals surface area contributed by atoms with Crippen molar-refractivity contribution >= 4 is 58.5 Å². The van der Waals surface area contributed by atoms with E-state index in [1.165, 1.54) is 12.1 Å². The van der Waals surface area contributed by atoms with Crippen LogP contribution in [-0.4, -0.2) is 68.1 Å². The molecule has 1 N–H and O–H groups in total. The molecule has 0 saturated carbocycles. The normalized spacial score (nSPS) is 11.3. The minimum atomic E-state index is -4.00. The molecule has 0 spiro atoms. The van der Waals surface area contributed by atoms with Gasteiger partial charge < -0.3 is 0 Å². The van der Waals surface area contributed by atoms with E-state index in [0.717, 1.165) is 0 Å². The number of rotatable bonds is 2. The molecule has 0 fully saturated rings. The Kier molecular flexibility index (Phi) is 7.02. The van der Waals surface area contributed by atoms with Crippen molar-refractivity contribution in [1.82, 2.24) is 0 Å². The maximum absolute atomic E-state index is 10.9. The van der Waals surface area contributed by atoms with E-state index in [0.29, 0.717) is 4.90 Å². The van der Waals surface area contributed by atoms with Gasteiger partial charge in [-0.05, 0) is 12.1 Å². The summed E-state index contributed by atoms with van der Waals surface area (Å²) in [7, 11) is -4.00. The second kappa shape index (κ2) is 7.81. The van der Waals surface area contributed by atoms with E-state index >= 15 is 0 Å². The van der Waals surface area contributed by atoms with E-state index in [1.807, 2.05) is 6.07 Å². The second-order valence-electron chi connectivity index (χ2n) is 3.87. The van der Waals surface area contributed by atoms with Gasteiger partial charge in [0.05, 0.1) is 4.90 Å². The zero-order chi connectivity index (χ0) is 15.2. The summed E-state index contributed by atoms with van der Waals surface area (Å²) in [4.78, 5) is 0.380. The van der Waals surface area contributed by atoms with Crippen LogP contribution in [0.25, 0.3) is 0 Å². The van der Waals surface area contributed by atoms with Crippen LogP contribution in [0.15, 0.2) is 70.5 Å². The van der Waals surface area contributed by atoms with Gasteiger partial charge in [-0.25, -0.2) is 0 Å². The van der Waals surface area contributed by atoms with Crippen LogP contribution >= 0.6 is 0 Å². The first-order valence-corrected chi connectivity index (χ1v) is 12.6. The van der Waals surface area contributed by atoms with Crippen LogP contribution in [0.1, 0.15) is 0 Å². The molecule has 102 valence electrons. The van der Waals surface area contributed by atoms with Crippen molar-refractivity contribution in [3.8, 4) is 0 Å². The molecular formula is C12H11KO5S2. The Morgan fingerprint density at radius 1 is 0.700 bits per heavy atom. The fraction of sp³-hybridized carbons (Fsp3) is 0. The van der Waals surface area contributed by atoms with Crippen molar-refractivity contribution in [3.63, 3.8) is 0 Å². The molecule has 0 radical (unpaired) electrons. The molecule has 2 aromatic rings. The summed E-state index contributed by atoms with van der Waals surface area (Å²) in [6.45, 7) is 0. The van der Waals surface area contributed by atoms with E-state index in [1.54, 1.807) is 42.5 Å². The van der Waals surface area contributed by atoms with Gasteiger partial charge in [-0.1, -0.05) is 18.2 Å². The van der Waals surface area contributed by atoms with Gasteiger partial charge in [0, 0.05) is 0 Å². The summed E-state index contributed by atoms with van der Waals surface area (Å²) in [6.07, 6.45) is 0. The third-order valence-electron chi connectivity index (χ3n) is 2.21. The first kappa shape index (κ1) is 18.0. The molecule has 0 unspecified atom stereocenters. The van der Waals surface area contributed by atoms with Gasteiger partial charge >= 0.3 is 92.0 Å². The summed E-state index contributed by atoms with van der Waals surface area (Å²) < 4.78 is 48.3. The number of benzene rings is 2. The third-order valence-corrected chi connectivity index (χ3v) is 6.42. The van der Waals surface area contributed by atoms with Gasteiger partial charge in [0.15, 0.2) is 0 Å². The number of hydrogen-bond donors (Lipinski definition) is 1. The van der Waals surface area contributed by atoms with Crippen LogP contribution in [0.4, 0.5) is 0 Å². The third kappa shape index (κ3) is 6.59. The Morgan fingerprint density at radius 3 is 1.25 bits per heavy atom. The zero-order valence-corrected chi connectivity index (χ0v) is 15.4. The van der Waals surface area contributed by atoms with Crippen molar-refractivity contribution < 1.29 is 21.4 Å². The second-order valence-corrected chi connectivity index (χ2v) is 12.3. The summed E-state index contributed by atoms with van der Waals surface area (Å²) in [5.41, 5.74) is 0. The van der Waals surface area contributed by atoms with Crippen molar-refractivity contribution in [3.05, 3.63) is 60.7 Å². The molecule has 0 amide bonds. The van der Waals surface area contributed by atoms with Crippen molar-refractivity contribution in [2.45, 2.75) is 9.79 Å². The quantitative estimate of drug-likeness (QED) is 0.662. The molecule has 0 bridgehead atoms. The molecule has 0 heterocycles. The molecule has 8 heteroatoms. The average molecular weight is 338 g/mol. The van der Waals surface area contributed by atoms with Crippen LogP contribution in [0.2, 0.25) is 0 Å². The summed E-state index contributed by atoms with van der Waals surface area (Å²) in [6, 6.07) is 16.0. The molecular weight excluding hydrogens is 327 g/mol. The fourth-order valence-corrected chi connectivity index (χ4v) is 3.69. The van der Waals surface area contributed by atoms with Gasteiger partial charge in [-0.2, -0.15) is 8.42 Å². The molecule has 2 rings (SSSR count). The Labute approximate surface area is 148 Å². The van der Waals surface area contributed by atoms with E-state index in [2.05, 4.69) is 0 Å². The van der Waals surface area contributed by atoms with Crippen molar-refractivity contribution in [1.29, 1.82) is 0 Å². The van der Waals surface area contributed by atoms with Crippen LogP contribution < -0.4 is 0 Å². The minimum absolute atomic E-state index is 0.0741. The van der Waals surface area contributed by atoms with E-state index in [4.69, 9.17) is 4.55 Å². The topological polar surface area (TPSA) is 88.5 Å². The van der Waals surface area contributed by atoms with Gasteiger partial charge in [0.2, 0.25) is 0 Å². The van der Waals surface area contributed by atoms with Gasteiger partial charge in [0.1, 0.15) is 0 Å². The maximum atomic E-state index is 10.9. The Hall–Kier alpha value is -0.0636. The summed E-state index contributed by atoms with van der Waals surface area (Å²) in [5, 5.41) is 0. The Bertz CT molecular complexity index is 673. The zero-order valence-electron chi connectivity index (χ0n) is 10.7. The molecule has 0 aliphatic heterocycles.